The van der Waals surface area contributed by atoms with Gasteiger partial charge in [0.2, 0.25) is 6.10 Å². The van der Waals surface area contributed by atoms with Crippen molar-refractivity contribution in [1.29, 1.82) is 0 Å². The number of fused-ring (bicyclic) bond motifs is 1. The highest BCUT2D eigenvalue weighted by atomic mass is 32.2. The summed E-state index contributed by atoms with van der Waals surface area (Å²) in [5.74, 6) is -3.54. The number of thiazole rings is 1. The molecule has 3 rings (SSSR count). The van der Waals surface area contributed by atoms with Crippen molar-refractivity contribution in [2.45, 2.75) is 24.4 Å². The number of β-lactam (4-membered cyclic amide) rings is 1. The van der Waals surface area contributed by atoms with Gasteiger partial charge < -0.3 is 26.1 Å². The molecule has 5 N–H and O–H groups in total. The molecule has 1 aromatic rings. The summed E-state index contributed by atoms with van der Waals surface area (Å²) >= 11 is 3.60. The number of hydrogen-bond donors (Lipinski definition) is 4. The Morgan fingerprint density at radius 3 is 2.71 bits per heavy atom. The maximum atomic E-state index is 12.8. The van der Waals surface area contributed by atoms with Gasteiger partial charge in [-0.05, 0) is 13.2 Å². The molecule has 166 valence electrons. The van der Waals surface area contributed by atoms with Crippen LogP contribution >= 0.6 is 34.9 Å². The number of thioether (sulfide) groups is 2. The minimum absolute atomic E-state index is 0.0494. The first-order valence-corrected chi connectivity index (χ1v) is 11.7. The zero-order valence-electron chi connectivity index (χ0n) is 16.1. The largest absolute Gasteiger partial charge is 0.478 e. The Morgan fingerprint density at radius 1 is 1.45 bits per heavy atom. The maximum Gasteiger partial charge on any atom is 0.353 e. The number of nitrogen functional groups attached to an aromatic ring is 1. The molecular weight excluding hydrogens is 470 g/mol. The van der Waals surface area contributed by atoms with Gasteiger partial charge in [-0.3, -0.25) is 14.5 Å². The molecule has 0 spiro atoms. The van der Waals surface area contributed by atoms with Crippen molar-refractivity contribution in [3.05, 3.63) is 21.7 Å². The Morgan fingerprint density at radius 2 is 2.16 bits per heavy atom. The summed E-state index contributed by atoms with van der Waals surface area (Å²) in [6.07, 6.45) is 0.394. The minimum atomic E-state index is -1.33. The van der Waals surface area contributed by atoms with Gasteiger partial charge in [-0.2, -0.15) is 0 Å². The van der Waals surface area contributed by atoms with Gasteiger partial charge in [0.15, 0.2) is 10.8 Å². The van der Waals surface area contributed by atoms with Crippen molar-refractivity contribution >= 4 is 69.5 Å². The number of nitrogens with one attached hydrogen (secondary N) is 1. The number of aromatic nitrogens is 1. The average Bonchev–Trinajstić information content (AvgIpc) is 3.16. The summed E-state index contributed by atoms with van der Waals surface area (Å²) in [7, 11) is 0. The van der Waals surface area contributed by atoms with Crippen molar-refractivity contribution in [1.82, 2.24) is 15.2 Å². The number of hydrogen-bond acceptors (Lipinski definition) is 11. The second-order valence-corrected chi connectivity index (χ2v) is 9.13. The molecule has 2 aliphatic rings. The minimum Gasteiger partial charge on any atom is -0.478 e. The Kier molecular flexibility index (Phi) is 6.76. The lowest BCUT2D eigenvalue weighted by Gasteiger charge is -2.49. The number of carbonyl (C=O) groups excluding carboxylic acids is 2. The van der Waals surface area contributed by atoms with Crippen molar-refractivity contribution in [3.63, 3.8) is 0 Å². The zero-order chi connectivity index (χ0) is 22.9. The predicted molar refractivity (Wildman–Crippen MR) is 114 cm³/mol. The van der Waals surface area contributed by atoms with E-state index in [0.717, 1.165) is 16.2 Å². The van der Waals surface area contributed by atoms with Gasteiger partial charge in [-0.15, -0.1) is 34.9 Å². The van der Waals surface area contributed by atoms with Gasteiger partial charge in [0, 0.05) is 16.0 Å². The van der Waals surface area contributed by atoms with Gasteiger partial charge in [0.05, 0.1) is 0 Å². The molecular formula is C16H17N5O7S3. The predicted octanol–water partition coefficient (Wildman–Crippen LogP) is -0.0218. The van der Waals surface area contributed by atoms with E-state index < -0.39 is 41.3 Å². The van der Waals surface area contributed by atoms with E-state index in [2.05, 4.69) is 15.5 Å². The number of amides is 2. The smallest absolute Gasteiger partial charge is 0.353 e. The Balaban J connectivity index is 1.81. The fourth-order valence-electron chi connectivity index (χ4n) is 2.73. The molecule has 0 aliphatic carbocycles. The van der Waals surface area contributed by atoms with Crippen molar-refractivity contribution < 1.29 is 34.2 Å². The van der Waals surface area contributed by atoms with Crippen molar-refractivity contribution in [3.8, 4) is 0 Å². The number of carbonyl (C=O) groups is 4. The number of carboxylic acid groups (broad SMARTS) is 2. The molecule has 1 fully saturated rings. The molecule has 2 unspecified atom stereocenters. The quantitative estimate of drug-likeness (QED) is 0.219. The Bertz CT molecular complexity index is 1010. The number of anilines is 1. The van der Waals surface area contributed by atoms with Crippen LogP contribution in [-0.2, 0) is 24.0 Å². The third-order valence-electron chi connectivity index (χ3n) is 4.30. The molecule has 3 heterocycles. The third kappa shape index (κ3) is 4.47. The van der Waals surface area contributed by atoms with E-state index in [-0.39, 0.29) is 22.2 Å². The second kappa shape index (κ2) is 9.15. The lowest BCUT2D eigenvalue weighted by Crippen LogP contribution is -2.71. The Labute approximate surface area is 187 Å². The lowest BCUT2D eigenvalue weighted by molar-refractivity contribution is -0.150. The highest BCUT2D eigenvalue weighted by molar-refractivity contribution is 8.05. The standard InChI is InChI=1S/C16H17N5O7S3/c1-5(14(24)25)28-20-8(6-3-31-16(17)18-6)11(22)19-9-12(23)21-10(15(26)27)7(29-2)4-30-13(9)21/h3,5,9,13H,4H2,1-2H3,(H2,17,18)(H,19,22)(H,24,25)(H,26,27)/t5?,9?,13-/m0/s1. The van der Waals surface area contributed by atoms with E-state index in [0.29, 0.717) is 10.7 Å². The van der Waals surface area contributed by atoms with Crippen LogP contribution in [0.15, 0.2) is 21.1 Å². The van der Waals surface area contributed by atoms with Gasteiger partial charge in [0.25, 0.3) is 11.8 Å². The topological polar surface area (TPSA) is 185 Å². The van der Waals surface area contributed by atoms with E-state index in [1.54, 1.807) is 6.26 Å². The van der Waals surface area contributed by atoms with Crippen LogP contribution in [0.4, 0.5) is 5.13 Å². The van der Waals surface area contributed by atoms with E-state index in [4.69, 9.17) is 15.7 Å². The van der Waals surface area contributed by atoms with E-state index >= 15 is 0 Å². The van der Waals surface area contributed by atoms with Crippen LogP contribution in [0.3, 0.4) is 0 Å². The highest BCUT2D eigenvalue weighted by Gasteiger charge is 2.54. The molecule has 0 saturated carbocycles. The fourth-order valence-corrected chi connectivity index (χ4v) is 5.53. The van der Waals surface area contributed by atoms with Crippen LogP contribution in [0.2, 0.25) is 0 Å². The van der Waals surface area contributed by atoms with Gasteiger partial charge >= 0.3 is 11.9 Å². The molecule has 1 aromatic heterocycles. The van der Waals surface area contributed by atoms with Crippen molar-refractivity contribution in [2.24, 2.45) is 5.16 Å². The molecule has 1 saturated heterocycles. The molecule has 2 amide bonds. The van der Waals surface area contributed by atoms with Gasteiger partial charge in [-0.1, -0.05) is 5.16 Å². The summed E-state index contributed by atoms with van der Waals surface area (Å²) in [5, 5.41) is 25.5. The van der Waals surface area contributed by atoms with Gasteiger partial charge in [-0.25, -0.2) is 14.6 Å². The number of nitrogens with two attached hydrogens (primary N) is 1. The number of carboxylic acids is 2. The zero-order valence-corrected chi connectivity index (χ0v) is 18.5. The monoisotopic (exact) mass is 487 g/mol. The molecule has 2 aliphatic heterocycles. The summed E-state index contributed by atoms with van der Waals surface area (Å²) in [6, 6.07) is -0.992. The first-order valence-electron chi connectivity index (χ1n) is 8.59. The number of aliphatic carboxylic acids is 2. The summed E-state index contributed by atoms with van der Waals surface area (Å²) in [6.45, 7) is 1.23. The lowest BCUT2D eigenvalue weighted by atomic mass is 10.0. The normalized spacial score (nSPS) is 21.8. The first kappa shape index (κ1) is 22.9. The SMILES string of the molecule is CSC1=C(C(=O)O)N2C(=O)C(NC(=O)C(=NOC(C)C(=O)O)c3csc(N)n3)[C@@H]2SC1. The molecule has 0 radical (unpaired) electrons. The van der Waals surface area contributed by atoms with Crippen LogP contribution < -0.4 is 11.1 Å². The first-order chi connectivity index (χ1) is 14.6. The van der Waals surface area contributed by atoms with Crippen LogP contribution in [0, 0.1) is 0 Å². The number of oxime groups is 1. The molecule has 31 heavy (non-hydrogen) atoms. The van der Waals surface area contributed by atoms with E-state index in [9.17, 15) is 24.3 Å². The van der Waals surface area contributed by atoms with Crippen molar-refractivity contribution in [2.75, 3.05) is 17.7 Å². The van der Waals surface area contributed by atoms with Crippen LogP contribution in [0.5, 0.6) is 0 Å². The molecule has 15 heteroatoms. The van der Waals surface area contributed by atoms with Crippen LogP contribution in [0.1, 0.15) is 12.6 Å². The summed E-state index contributed by atoms with van der Waals surface area (Å²) in [4.78, 5) is 58.6. The van der Waals surface area contributed by atoms with E-state index in [1.807, 2.05) is 0 Å². The molecule has 0 bridgehead atoms. The van der Waals surface area contributed by atoms with Crippen LogP contribution in [-0.4, -0.2) is 79.1 Å². The fraction of sp³-hybridized carbons (Fsp3) is 0.375. The second-order valence-electron chi connectivity index (χ2n) is 6.24. The highest BCUT2D eigenvalue weighted by Crippen LogP contribution is 2.42. The van der Waals surface area contributed by atoms with E-state index in [1.165, 1.54) is 35.8 Å². The van der Waals surface area contributed by atoms with Gasteiger partial charge in [0.1, 0.15) is 22.8 Å². The molecule has 12 nitrogen and oxygen atoms in total. The molecule has 0 aromatic carbocycles. The van der Waals surface area contributed by atoms with Crippen LogP contribution in [0.25, 0.3) is 0 Å². The average molecular weight is 488 g/mol. The third-order valence-corrected chi connectivity index (χ3v) is 7.27. The summed E-state index contributed by atoms with van der Waals surface area (Å²) in [5.41, 5.74) is 5.20. The summed E-state index contributed by atoms with van der Waals surface area (Å²) < 4.78 is 0. The molecule has 3 atom stereocenters. The maximum absolute atomic E-state index is 12.8. The number of rotatable bonds is 8. The Hall–Kier alpha value is -2.78. The number of nitrogens with zero attached hydrogens (tertiary/aromatic N) is 3.